The van der Waals surface area contributed by atoms with Gasteiger partial charge in [0.2, 0.25) is 0 Å². The van der Waals surface area contributed by atoms with Crippen molar-refractivity contribution in [2.45, 2.75) is 57.5 Å². The number of piperidine rings is 1. The molecule has 9 heteroatoms. The maximum absolute atomic E-state index is 4.81. The highest BCUT2D eigenvalue weighted by atomic mass is 15.3. The molecule has 1 unspecified atom stereocenters. The second-order valence-corrected chi connectivity index (χ2v) is 10.3. The molecule has 2 saturated heterocycles. The van der Waals surface area contributed by atoms with Gasteiger partial charge in [-0.2, -0.15) is 5.10 Å². The normalized spacial score (nSPS) is 21.5. The number of rotatable bonds is 8. The Labute approximate surface area is 207 Å². The Morgan fingerprint density at radius 2 is 1.80 bits per heavy atom. The molecule has 1 aliphatic carbocycles. The van der Waals surface area contributed by atoms with Crippen LogP contribution in [-0.2, 0) is 0 Å². The van der Waals surface area contributed by atoms with Gasteiger partial charge in [-0.25, -0.2) is 9.97 Å². The van der Waals surface area contributed by atoms with Crippen molar-refractivity contribution in [2.24, 2.45) is 5.92 Å². The molecular weight excluding hydrogens is 438 g/mol. The van der Waals surface area contributed by atoms with E-state index in [9.17, 15) is 0 Å². The third-order valence-corrected chi connectivity index (χ3v) is 7.60. The average molecular weight is 474 g/mol. The first kappa shape index (κ1) is 22.4. The number of hydrogen-bond donors (Lipinski definition) is 1. The minimum atomic E-state index is 0.0295. The lowest BCUT2D eigenvalue weighted by Gasteiger charge is -2.34. The number of imidazole rings is 1. The van der Waals surface area contributed by atoms with E-state index >= 15 is 0 Å². The third kappa shape index (κ3) is 5.15. The summed E-state index contributed by atoms with van der Waals surface area (Å²) >= 11 is 0. The van der Waals surface area contributed by atoms with Crippen molar-refractivity contribution in [3.8, 4) is 11.4 Å². The second-order valence-electron chi connectivity index (χ2n) is 10.3. The van der Waals surface area contributed by atoms with Crippen LogP contribution < -0.4 is 15.1 Å². The van der Waals surface area contributed by atoms with Crippen LogP contribution in [0, 0.1) is 5.92 Å². The molecule has 0 bridgehead atoms. The van der Waals surface area contributed by atoms with Gasteiger partial charge in [0.05, 0.1) is 30.5 Å². The van der Waals surface area contributed by atoms with Crippen molar-refractivity contribution in [2.75, 3.05) is 42.5 Å². The van der Waals surface area contributed by atoms with Crippen molar-refractivity contribution in [3.05, 3.63) is 42.7 Å². The number of aromatic nitrogens is 6. The van der Waals surface area contributed by atoms with Crippen LogP contribution in [0.15, 0.2) is 37.1 Å². The SMILES string of the molecule is CC(c1ccc(N2CCC[C@@H](NCC3CC3)C2)nn1)n1cnc(-c2cncc(N3CCCC3)n2)c1. The molecule has 2 aliphatic heterocycles. The van der Waals surface area contributed by atoms with Crippen LogP contribution in [0.3, 0.4) is 0 Å². The summed E-state index contributed by atoms with van der Waals surface area (Å²) in [7, 11) is 0. The second kappa shape index (κ2) is 9.89. The van der Waals surface area contributed by atoms with Crippen LogP contribution in [-0.4, -0.2) is 68.5 Å². The fraction of sp³-hybridized carbons (Fsp3) is 0.577. The summed E-state index contributed by atoms with van der Waals surface area (Å²) in [5, 5.41) is 12.9. The zero-order valence-corrected chi connectivity index (χ0v) is 20.6. The highest BCUT2D eigenvalue weighted by molar-refractivity contribution is 5.55. The van der Waals surface area contributed by atoms with Crippen LogP contribution in [0.5, 0.6) is 0 Å². The maximum Gasteiger partial charge on any atom is 0.151 e. The molecule has 3 aliphatic rings. The van der Waals surface area contributed by atoms with Crippen LogP contribution >= 0.6 is 0 Å². The summed E-state index contributed by atoms with van der Waals surface area (Å²) in [6.45, 7) is 7.45. The summed E-state index contributed by atoms with van der Waals surface area (Å²) < 4.78 is 2.07. The zero-order valence-electron chi connectivity index (χ0n) is 20.6. The topological polar surface area (TPSA) is 87.9 Å². The Morgan fingerprint density at radius 3 is 2.60 bits per heavy atom. The Kier molecular flexibility index (Phi) is 6.33. The number of nitrogens with zero attached hydrogens (tertiary/aromatic N) is 8. The van der Waals surface area contributed by atoms with E-state index in [1.54, 1.807) is 6.20 Å². The molecule has 1 N–H and O–H groups in total. The predicted molar refractivity (Wildman–Crippen MR) is 137 cm³/mol. The van der Waals surface area contributed by atoms with E-state index in [-0.39, 0.29) is 6.04 Å². The third-order valence-electron chi connectivity index (χ3n) is 7.60. The molecule has 3 fully saturated rings. The molecule has 0 spiro atoms. The first-order chi connectivity index (χ1) is 17.2. The van der Waals surface area contributed by atoms with Gasteiger partial charge in [0.25, 0.3) is 0 Å². The average Bonchev–Trinajstić information content (AvgIpc) is 3.35. The van der Waals surface area contributed by atoms with Crippen molar-refractivity contribution in [1.29, 1.82) is 0 Å². The first-order valence-electron chi connectivity index (χ1n) is 13.2. The zero-order chi connectivity index (χ0) is 23.6. The van der Waals surface area contributed by atoms with E-state index in [4.69, 9.17) is 4.98 Å². The molecule has 0 aromatic carbocycles. The molecular formula is C26H35N9. The number of anilines is 2. The summed E-state index contributed by atoms with van der Waals surface area (Å²) in [6.07, 6.45) is 15.2. The van der Waals surface area contributed by atoms with Crippen molar-refractivity contribution >= 4 is 11.6 Å². The van der Waals surface area contributed by atoms with Crippen LogP contribution in [0.1, 0.15) is 57.2 Å². The number of hydrogen-bond acceptors (Lipinski definition) is 8. The summed E-state index contributed by atoms with van der Waals surface area (Å²) in [4.78, 5) is 18.5. The summed E-state index contributed by atoms with van der Waals surface area (Å²) in [5.41, 5.74) is 2.56. The Balaban J connectivity index is 1.11. The molecule has 5 heterocycles. The van der Waals surface area contributed by atoms with Crippen molar-refractivity contribution < 1.29 is 0 Å². The molecule has 0 radical (unpaired) electrons. The van der Waals surface area contributed by atoms with Crippen molar-refractivity contribution in [1.82, 2.24) is 35.0 Å². The highest BCUT2D eigenvalue weighted by Crippen LogP contribution is 2.28. The molecule has 6 rings (SSSR count). The fourth-order valence-corrected chi connectivity index (χ4v) is 5.15. The Hall–Kier alpha value is -3.07. The molecule has 0 amide bonds. The van der Waals surface area contributed by atoms with Gasteiger partial charge in [0.1, 0.15) is 17.2 Å². The number of nitrogens with one attached hydrogen (secondary N) is 1. The van der Waals surface area contributed by atoms with Crippen LogP contribution in [0.4, 0.5) is 11.6 Å². The maximum atomic E-state index is 4.81. The van der Waals surface area contributed by atoms with Crippen LogP contribution in [0.2, 0.25) is 0 Å². The van der Waals surface area contributed by atoms with Gasteiger partial charge in [0.15, 0.2) is 5.82 Å². The molecule has 1 saturated carbocycles. The lowest BCUT2D eigenvalue weighted by Crippen LogP contribution is -2.46. The molecule has 184 valence electrons. The van der Waals surface area contributed by atoms with Gasteiger partial charge >= 0.3 is 0 Å². The molecule has 35 heavy (non-hydrogen) atoms. The van der Waals surface area contributed by atoms with E-state index in [2.05, 4.69) is 58.9 Å². The highest BCUT2D eigenvalue weighted by Gasteiger charge is 2.25. The van der Waals surface area contributed by atoms with E-state index in [0.717, 1.165) is 60.8 Å². The van der Waals surface area contributed by atoms with Gasteiger partial charge in [-0.3, -0.25) is 4.98 Å². The van der Waals surface area contributed by atoms with E-state index in [1.807, 2.05) is 18.7 Å². The standard InChI is InChI=1S/C26H35N9/c1-19(35-17-24(29-18-35)23-14-27-15-26(30-23)33-10-2-3-11-33)22-8-9-25(32-31-22)34-12-4-5-21(16-34)28-13-20-6-7-20/h8-9,14-15,17-21,28H,2-7,10-13,16H2,1H3/t19?,21-/m1/s1. The Bertz CT molecular complexity index is 1120. The minimum absolute atomic E-state index is 0.0295. The van der Waals surface area contributed by atoms with Gasteiger partial charge in [-0.15, -0.1) is 5.10 Å². The molecule has 9 nitrogen and oxygen atoms in total. The monoisotopic (exact) mass is 473 g/mol. The smallest absolute Gasteiger partial charge is 0.151 e. The van der Waals surface area contributed by atoms with E-state index < -0.39 is 0 Å². The molecule has 3 aromatic heterocycles. The first-order valence-corrected chi connectivity index (χ1v) is 13.2. The predicted octanol–water partition coefficient (Wildman–Crippen LogP) is 3.31. The van der Waals surface area contributed by atoms with Gasteiger partial charge in [0, 0.05) is 38.4 Å². The van der Waals surface area contributed by atoms with Gasteiger partial charge in [-0.05, 0) is 70.0 Å². The van der Waals surface area contributed by atoms with Crippen molar-refractivity contribution in [3.63, 3.8) is 0 Å². The van der Waals surface area contributed by atoms with Gasteiger partial charge in [-0.1, -0.05) is 0 Å². The van der Waals surface area contributed by atoms with Crippen LogP contribution in [0.25, 0.3) is 11.4 Å². The lowest BCUT2D eigenvalue weighted by molar-refractivity contribution is 0.414. The summed E-state index contributed by atoms with van der Waals surface area (Å²) in [5.74, 6) is 2.82. The fourth-order valence-electron chi connectivity index (χ4n) is 5.15. The largest absolute Gasteiger partial charge is 0.355 e. The van der Waals surface area contributed by atoms with E-state index in [1.165, 1.54) is 45.1 Å². The Morgan fingerprint density at radius 1 is 0.943 bits per heavy atom. The molecule has 3 aromatic rings. The minimum Gasteiger partial charge on any atom is -0.355 e. The lowest BCUT2D eigenvalue weighted by atomic mass is 10.1. The summed E-state index contributed by atoms with van der Waals surface area (Å²) in [6, 6.07) is 4.80. The van der Waals surface area contributed by atoms with E-state index in [0.29, 0.717) is 6.04 Å². The quantitative estimate of drug-likeness (QED) is 0.533. The van der Waals surface area contributed by atoms with Gasteiger partial charge < -0.3 is 19.7 Å². The molecule has 2 atom stereocenters.